The van der Waals surface area contributed by atoms with E-state index >= 15 is 0 Å². The Morgan fingerprint density at radius 2 is 2.28 bits per heavy atom. The summed E-state index contributed by atoms with van der Waals surface area (Å²) in [6.45, 7) is 4.70. The topological polar surface area (TPSA) is 54.0 Å². The first-order valence-electron chi connectivity index (χ1n) is 6.70. The molecule has 1 aliphatic heterocycles. The summed E-state index contributed by atoms with van der Waals surface area (Å²) in [6.07, 6.45) is 4.95. The molecule has 5 heteroatoms. The largest absolute Gasteiger partial charge is 0.439 e. The van der Waals surface area contributed by atoms with E-state index in [1.165, 1.54) is 6.92 Å². The van der Waals surface area contributed by atoms with Gasteiger partial charge in [0.15, 0.2) is 13.1 Å². The number of carbonyl (C=O) groups excluding carboxylic acids is 1. The molecule has 0 aromatic carbocycles. The first-order chi connectivity index (χ1) is 8.72. The monoisotopic (exact) mass is 260 g/mol. The van der Waals surface area contributed by atoms with Crippen LogP contribution in [0, 0.1) is 0 Å². The van der Waals surface area contributed by atoms with Crippen LogP contribution in [-0.4, -0.2) is 38.4 Å². The predicted molar refractivity (Wildman–Crippen MR) is 66.0 cm³/mol. The van der Waals surface area contributed by atoms with Gasteiger partial charge in [-0.3, -0.25) is 4.79 Å². The van der Waals surface area contributed by atoms with E-state index < -0.39 is 0 Å². The summed E-state index contributed by atoms with van der Waals surface area (Å²) >= 11 is 0. The lowest BCUT2D eigenvalue weighted by atomic mass is 10.2. The van der Waals surface area contributed by atoms with Crippen molar-refractivity contribution in [3.05, 3.63) is 0 Å². The van der Waals surface area contributed by atoms with Gasteiger partial charge in [-0.1, -0.05) is 13.3 Å². The van der Waals surface area contributed by atoms with E-state index in [1.807, 2.05) is 0 Å². The normalized spacial score (nSPS) is 21.6. The molecule has 1 fully saturated rings. The molecular formula is C13H24O5. The van der Waals surface area contributed by atoms with E-state index in [0.717, 1.165) is 38.7 Å². The smallest absolute Gasteiger partial charge is 0.304 e. The standard InChI is InChI=1S/C13H24O5/c1-3-6-12(18-10-17-11(2)14)9-16-13-7-4-5-8-15-13/h12-13H,3-10H2,1-2H3. The summed E-state index contributed by atoms with van der Waals surface area (Å²) in [4.78, 5) is 10.6. The molecule has 1 rings (SSSR count). The van der Waals surface area contributed by atoms with Crippen LogP contribution in [0.25, 0.3) is 0 Å². The SMILES string of the molecule is CCCC(COC1CCCCO1)OCOC(C)=O. The van der Waals surface area contributed by atoms with Crippen molar-refractivity contribution in [2.75, 3.05) is 20.0 Å². The van der Waals surface area contributed by atoms with E-state index in [1.54, 1.807) is 0 Å². The summed E-state index contributed by atoms with van der Waals surface area (Å²) in [6, 6.07) is 0. The quantitative estimate of drug-likeness (QED) is 0.495. The van der Waals surface area contributed by atoms with Gasteiger partial charge in [-0.15, -0.1) is 0 Å². The fraction of sp³-hybridized carbons (Fsp3) is 0.923. The van der Waals surface area contributed by atoms with Crippen LogP contribution in [0.2, 0.25) is 0 Å². The molecular weight excluding hydrogens is 236 g/mol. The van der Waals surface area contributed by atoms with Crippen LogP contribution in [0.3, 0.4) is 0 Å². The molecule has 18 heavy (non-hydrogen) atoms. The summed E-state index contributed by atoms with van der Waals surface area (Å²) in [5.74, 6) is -0.332. The van der Waals surface area contributed by atoms with E-state index in [0.29, 0.717) is 6.61 Å². The summed E-state index contributed by atoms with van der Waals surface area (Å²) in [7, 11) is 0. The highest BCUT2D eigenvalue weighted by Gasteiger charge is 2.17. The Morgan fingerprint density at radius 3 is 2.89 bits per heavy atom. The Hall–Kier alpha value is -0.650. The molecule has 0 spiro atoms. The minimum Gasteiger partial charge on any atom is -0.439 e. The van der Waals surface area contributed by atoms with E-state index in [4.69, 9.17) is 18.9 Å². The van der Waals surface area contributed by atoms with E-state index in [-0.39, 0.29) is 25.2 Å². The third-order valence-corrected chi connectivity index (χ3v) is 2.78. The van der Waals surface area contributed by atoms with Crippen molar-refractivity contribution in [2.45, 2.75) is 58.3 Å². The average Bonchev–Trinajstić information content (AvgIpc) is 2.37. The molecule has 2 unspecified atom stereocenters. The van der Waals surface area contributed by atoms with Gasteiger partial charge in [-0.2, -0.15) is 0 Å². The molecule has 0 N–H and O–H groups in total. The van der Waals surface area contributed by atoms with Gasteiger partial charge in [0.1, 0.15) is 0 Å². The molecule has 0 amide bonds. The van der Waals surface area contributed by atoms with E-state index in [2.05, 4.69) is 6.92 Å². The highest BCUT2D eigenvalue weighted by molar-refractivity contribution is 5.65. The lowest BCUT2D eigenvalue weighted by Gasteiger charge is -2.25. The van der Waals surface area contributed by atoms with Crippen molar-refractivity contribution in [3.8, 4) is 0 Å². The van der Waals surface area contributed by atoms with Crippen LogP contribution in [0.15, 0.2) is 0 Å². The lowest BCUT2D eigenvalue weighted by Crippen LogP contribution is -2.29. The Bertz CT molecular complexity index is 225. The van der Waals surface area contributed by atoms with Gasteiger partial charge in [-0.25, -0.2) is 0 Å². The minimum absolute atomic E-state index is 0.00508. The van der Waals surface area contributed by atoms with Gasteiger partial charge < -0.3 is 18.9 Å². The predicted octanol–water partition coefficient (Wildman–Crippen LogP) is 2.24. The van der Waals surface area contributed by atoms with Crippen molar-refractivity contribution in [1.29, 1.82) is 0 Å². The van der Waals surface area contributed by atoms with Crippen LogP contribution in [0.4, 0.5) is 0 Å². The minimum atomic E-state index is -0.332. The Morgan fingerprint density at radius 1 is 1.44 bits per heavy atom. The highest BCUT2D eigenvalue weighted by Crippen LogP contribution is 2.15. The third kappa shape index (κ3) is 6.93. The van der Waals surface area contributed by atoms with Gasteiger partial charge in [-0.05, 0) is 25.7 Å². The van der Waals surface area contributed by atoms with Gasteiger partial charge in [0, 0.05) is 13.5 Å². The molecule has 0 saturated carbocycles. The molecule has 0 aliphatic carbocycles. The van der Waals surface area contributed by atoms with Gasteiger partial charge in [0.2, 0.25) is 0 Å². The Kier molecular flexibility index (Phi) is 7.96. The second-order valence-corrected chi connectivity index (χ2v) is 4.46. The molecule has 0 bridgehead atoms. The van der Waals surface area contributed by atoms with Crippen LogP contribution >= 0.6 is 0 Å². The number of rotatable bonds is 8. The molecule has 2 atom stereocenters. The lowest BCUT2D eigenvalue weighted by molar-refractivity contribution is -0.193. The van der Waals surface area contributed by atoms with Crippen molar-refractivity contribution >= 4 is 5.97 Å². The average molecular weight is 260 g/mol. The van der Waals surface area contributed by atoms with Crippen molar-refractivity contribution in [2.24, 2.45) is 0 Å². The van der Waals surface area contributed by atoms with Gasteiger partial charge >= 0.3 is 5.97 Å². The molecule has 5 nitrogen and oxygen atoms in total. The van der Waals surface area contributed by atoms with Crippen molar-refractivity contribution < 1.29 is 23.7 Å². The van der Waals surface area contributed by atoms with E-state index in [9.17, 15) is 4.79 Å². The number of hydrogen-bond donors (Lipinski definition) is 0. The van der Waals surface area contributed by atoms with Gasteiger partial charge in [0.05, 0.1) is 12.7 Å². The fourth-order valence-corrected chi connectivity index (χ4v) is 1.81. The highest BCUT2D eigenvalue weighted by atomic mass is 16.7. The van der Waals surface area contributed by atoms with Crippen molar-refractivity contribution in [1.82, 2.24) is 0 Å². The maximum atomic E-state index is 10.6. The van der Waals surface area contributed by atoms with Crippen LogP contribution < -0.4 is 0 Å². The Balaban J connectivity index is 2.16. The first-order valence-corrected chi connectivity index (χ1v) is 6.70. The fourth-order valence-electron chi connectivity index (χ4n) is 1.81. The molecule has 1 saturated heterocycles. The number of hydrogen-bond acceptors (Lipinski definition) is 5. The molecule has 106 valence electrons. The molecule has 0 aromatic heterocycles. The maximum Gasteiger partial charge on any atom is 0.304 e. The summed E-state index contributed by atoms with van der Waals surface area (Å²) in [5.41, 5.74) is 0. The molecule has 0 radical (unpaired) electrons. The Labute approximate surface area is 109 Å². The second-order valence-electron chi connectivity index (χ2n) is 4.46. The molecule has 1 aliphatic rings. The molecule has 1 heterocycles. The zero-order chi connectivity index (χ0) is 13.2. The van der Waals surface area contributed by atoms with Crippen LogP contribution in [0.1, 0.15) is 46.0 Å². The molecule has 0 aromatic rings. The second kappa shape index (κ2) is 9.30. The summed E-state index contributed by atoms with van der Waals surface area (Å²) in [5, 5.41) is 0. The van der Waals surface area contributed by atoms with Crippen LogP contribution in [-0.2, 0) is 23.7 Å². The number of esters is 1. The third-order valence-electron chi connectivity index (χ3n) is 2.78. The number of ether oxygens (including phenoxy) is 4. The zero-order valence-corrected chi connectivity index (χ0v) is 11.4. The first kappa shape index (κ1) is 15.4. The summed E-state index contributed by atoms with van der Waals surface area (Å²) < 4.78 is 21.4. The maximum absolute atomic E-state index is 10.6. The van der Waals surface area contributed by atoms with Crippen LogP contribution in [0.5, 0.6) is 0 Å². The van der Waals surface area contributed by atoms with Gasteiger partial charge in [0.25, 0.3) is 0 Å². The zero-order valence-electron chi connectivity index (χ0n) is 11.4. The number of carbonyl (C=O) groups is 1. The van der Waals surface area contributed by atoms with Crippen molar-refractivity contribution in [3.63, 3.8) is 0 Å².